The zero-order valence-electron chi connectivity index (χ0n) is 19.9. The fourth-order valence-corrected chi connectivity index (χ4v) is 4.87. The Hall–Kier alpha value is -4.34. The Morgan fingerprint density at radius 3 is 2.68 bits per heavy atom. The van der Waals surface area contributed by atoms with Crippen LogP contribution in [0.3, 0.4) is 0 Å². The predicted octanol–water partition coefficient (Wildman–Crippen LogP) is 4.68. The van der Waals surface area contributed by atoms with Crippen molar-refractivity contribution in [3.05, 3.63) is 77.5 Å². The van der Waals surface area contributed by atoms with Crippen LogP contribution < -0.4 is 10.8 Å². The number of hydrogen-bond donors (Lipinski definition) is 4. The molecular weight excluding hydrogens is 478 g/mol. The number of rotatable bonds is 6. The van der Waals surface area contributed by atoms with Gasteiger partial charge in [0, 0.05) is 35.5 Å². The van der Waals surface area contributed by atoms with E-state index in [-0.39, 0.29) is 17.5 Å². The van der Waals surface area contributed by atoms with Crippen molar-refractivity contribution < 1.29 is 18.7 Å². The maximum absolute atomic E-state index is 13.5. The van der Waals surface area contributed by atoms with Crippen molar-refractivity contribution in [2.75, 3.05) is 6.54 Å². The van der Waals surface area contributed by atoms with Gasteiger partial charge in [-0.1, -0.05) is 12.1 Å². The lowest BCUT2D eigenvalue weighted by atomic mass is 9.86. The van der Waals surface area contributed by atoms with Crippen LogP contribution >= 0.6 is 0 Å². The van der Waals surface area contributed by atoms with Crippen molar-refractivity contribution in [2.45, 2.75) is 31.7 Å². The molecule has 1 aliphatic rings. The number of nitrogens with zero attached hydrogens (tertiary/aromatic N) is 3. The van der Waals surface area contributed by atoms with E-state index >= 15 is 0 Å². The first kappa shape index (κ1) is 24.4. The number of phenols is 1. The molecule has 2 heterocycles. The van der Waals surface area contributed by atoms with Crippen LogP contribution in [0.1, 0.15) is 42.1 Å². The number of benzene rings is 2. The number of phenolic OH excluding ortho intramolecular Hbond substituents is 1. The highest BCUT2D eigenvalue weighted by Crippen LogP contribution is 2.33. The van der Waals surface area contributed by atoms with Crippen LogP contribution in [0, 0.1) is 23.0 Å². The third kappa shape index (κ3) is 5.13. The van der Waals surface area contributed by atoms with E-state index in [4.69, 9.17) is 10.5 Å². The van der Waals surface area contributed by atoms with Gasteiger partial charge < -0.3 is 15.4 Å². The molecule has 0 bridgehead atoms. The molecule has 1 amide bonds. The van der Waals surface area contributed by atoms with Gasteiger partial charge >= 0.3 is 0 Å². The molecule has 0 radical (unpaired) electrons. The summed E-state index contributed by atoms with van der Waals surface area (Å²) in [5.41, 5.74) is 3.19. The summed E-state index contributed by atoms with van der Waals surface area (Å²) in [6, 6.07) is 11.8. The second-order valence-electron chi connectivity index (χ2n) is 9.25. The Morgan fingerprint density at radius 2 is 1.95 bits per heavy atom. The third-order valence-corrected chi connectivity index (χ3v) is 6.88. The average Bonchev–Trinajstić information content (AvgIpc) is 3.34. The van der Waals surface area contributed by atoms with E-state index in [1.165, 1.54) is 0 Å². The van der Waals surface area contributed by atoms with Crippen LogP contribution in [0.5, 0.6) is 5.75 Å². The lowest BCUT2D eigenvalue weighted by Crippen LogP contribution is -2.31. The molecule has 0 unspecified atom stereocenters. The summed E-state index contributed by atoms with van der Waals surface area (Å²) in [7, 11) is 0. The van der Waals surface area contributed by atoms with Crippen molar-refractivity contribution in [1.82, 2.24) is 20.1 Å². The molecule has 8 nitrogen and oxygen atoms in total. The molecule has 2 aromatic carbocycles. The van der Waals surface area contributed by atoms with E-state index in [1.54, 1.807) is 6.20 Å². The maximum Gasteiger partial charge on any atom is 0.251 e. The zero-order valence-corrected chi connectivity index (χ0v) is 19.9. The van der Waals surface area contributed by atoms with Crippen molar-refractivity contribution in [3.8, 4) is 16.9 Å². The molecule has 1 fully saturated rings. The Labute approximate surface area is 211 Å². The Bertz CT molecular complexity index is 1510. The fraction of sp³-hybridized carbons (Fsp3) is 0.259. The summed E-state index contributed by atoms with van der Waals surface area (Å²) in [5.74, 6) is -3.71. The first-order chi connectivity index (χ1) is 17.9. The van der Waals surface area contributed by atoms with Gasteiger partial charge in [-0.05, 0) is 67.5 Å². The van der Waals surface area contributed by atoms with Gasteiger partial charge in [-0.3, -0.25) is 14.9 Å². The Morgan fingerprint density at radius 1 is 1.19 bits per heavy atom. The highest BCUT2D eigenvalue weighted by Gasteiger charge is 2.24. The molecular formula is C27H26F2N6O2. The van der Waals surface area contributed by atoms with Gasteiger partial charge in [-0.15, -0.1) is 0 Å². The largest absolute Gasteiger partial charge is 0.503 e. The minimum absolute atomic E-state index is 0.156. The molecule has 1 aliphatic carbocycles. The standard InChI is InChI=1S/C27H26F2N6O2/c28-22-10-19(11-23(29)25(22)36)27(37)32-13-16-3-7-20(8-4-16)35-14-18-6-5-17(12-24(18)34-35)21-2-1-9-31-26(21)33-15-30/h1-2,5-6,9-12,14-16,20,36H,3-4,7-8,13H2,(H,32,37)(H2,30,31,33). The number of carbonyl (C=O) groups excluding carboxylic acids is 1. The minimum Gasteiger partial charge on any atom is -0.503 e. The lowest BCUT2D eigenvalue weighted by Gasteiger charge is -2.28. The summed E-state index contributed by atoms with van der Waals surface area (Å²) in [4.78, 5) is 19.5. The topological polar surface area (TPSA) is 119 Å². The van der Waals surface area contributed by atoms with Crippen LogP contribution in [0.25, 0.3) is 22.0 Å². The smallest absolute Gasteiger partial charge is 0.251 e. The molecule has 0 saturated heterocycles. The van der Waals surface area contributed by atoms with E-state index < -0.39 is 23.3 Å². The van der Waals surface area contributed by atoms with Crippen LogP contribution in [-0.4, -0.2) is 38.7 Å². The van der Waals surface area contributed by atoms with Crippen LogP contribution in [-0.2, 0) is 0 Å². The number of pyridine rings is 1. The van der Waals surface area contributed by atoms with Gasteiger partial charge in [-0.2, -0.15) is 5.10 Å². The van der Waals surface area contributed by atoms with Crippen LogP contribution in [0.2, 0.25) is 0 Å². The molecule has 37 heavy (non-hydrogen) atoms. The number of aromatic nitrogens is 3. The van der Waals surface area contributed by atoms with E-state index in [2.05, 4.69) is 21.5 Å². The zero-order chi connectivity index (χ0) is 25.9. The number of amides is 1. The normalized spacial score (nSPS) is 18.2. The average molecular weight is 505 g/mol. The van der Waals surface area contributed by atoms with E-state index in [1.807, 2.05) is 35.0 Å². The third-order valence-electron chi connectivity index (χ3n) is 6.88. The molecule has 4 N–H and O–H groups in total. The number of aromatic amines is 1. The van der Waals surface area contributed by atoms with Crippen LogP contribution in [0.4, 0.5) is 8.78 Å². The van der Waals surface area contributed by atoms with Gasteiger partial charge in [0.2, 0.25) is 0 Å². The highest BCUT2D eigenvalue weighted by molar-refractivity contribution is 5.94. The van der Waals surface area contributed by atoms with Gasteiger partial charge in [0.25, 0.3) is 5.91 Å². The molecule has 190 valence electrons. The van der Waals surface area contributed by atoms with Gasteiger partial charge in [0.1, 0.15) is 11.8 Å². The van der Waals surface area contributed by atoms with Crippen molar-refractivity contribution in [1.29, 1.82) is 5.41 Å². The first-order valence-corrected chi connectivity index (χ1v) is 12.1. The van der Waals surface area contributed by atoms with Gasteiger partial charge in [0.15, 0.2) is 17.4 Å². The Balaban J connectivity index is 1.22. The number of aromatic hydroxyl groups is 1. The molecule has 0 aliphatic heterocycles. The van der Waals surface area contributed by atoms with E-state index in [0.717, 1.165) is 66.2 Å². The highest BCUT2D eigenvalue weighted by atomic mass is 19.1. The summed E-state index contributed by atoms with van der Waals surface area (Å²) < 4.78 is 29.1. The second-order valence-corrected chi connectivity index (χ2v) is 9.25. The minimum atomic E-state index is -1.16. The lowest BCUT2D eigenvalue weighted by molar-refractivity contribution is 0.0940. The molecule has 0 atom stereocenters. The summed E-state index contributed by atoms with van der Waals surface area (Å²) in [6.45, 7) is 0.414. The van der Waals surface area contributed by atoms with Crippen molar-refractivity contribution in [3.63, 3.8) is 0 Å². The van der Waals surface area contributed by atoms with Gasteiger partial charge in [-0.25, -0.2) is 13.8 Å². The van der Waals surface area contributed by atoms with Crippen molar-refractivity contribution in [2.24, 2.45) is 10.9 Å². The fourth-order valence-electron chi connectivity index (χ4n) is 4.87. The summed E-state index contributed by atoms with van der Waals surface area (Å²) in [6.07, 6.45) is 8.42. The number of fused-ring (bicyclic) bond motifs is 1. The molecule has 0 spiro atoms. The second kappa shape index (κ2) is 10.3. The summed E-state index contributed by atoms with van der Waals surface area (Å²) >= 11 is 0. The van der Waals surface area contributed by atoms with Crippen LogP contribution in [0.15, 0.2) is 59.9 Å². The number of hydrogen-bond acceptors (Lipinski definition) is 4. The molecule has 2 aromatic heterocycles. The quantitative estimate of drug-likeness (QED) is 0.225. The maximum atomic E-state index is 13.5. The molecule has 1 saturated carbocycles. The Kier molecular flexibility index (Phi) is 6.80. The SMILES string of the molecule is N=C/N=c1\[nH]cccc1-c1ccc2cn(C3CCC(CNC(=O)c4cc(F)c(O)c(F)c4)CC3)nc2c1. The number of carbonyl (C=O) groups is 1. The van der Waals surface area contributed by atoms with Gasteiger partial charge in [0.05, 0.1) is 11.6 Å². The molecule has 5 rings (SSSR count). The number of nitrogens with one attached hydrogen (secondary N) is 3. The van der Waals surface area contributed by atoms with E-state index in [0.29, 0.717) is 12.0 Å². The van der Waals surface area contributed by atoms with E-state index in [9.17, 15) is 18.7 Å². The summed E-state index contributed by atoms with van der Waals surface area (Å²) in [5, 5.41) is 25.1. The van der Waals surface area contributed by atoms with Crippen molar-refractivity contribution >= 4 is 23.1 Å². The first-order valence-electron chi connectivity index (χ1n) is 12.1. The molecule has 10 heteroatoms. The monoisotopic (exact) mass is 504 g/mol. The predicted molar refractivity (Wildman–Crippen MR) is 135 cm³/mol. The number of halogens is 2. The number of H-pyrrole nitrogens is 1. The molecule has 4 aromatic rings.